The number of benzene rings is 2. The van der Waals surface area contributed by atoms with Gasteiger partial charge in [0.25, 0.3) is 0 Å². The minimum absolute atomic E-state index is 0.0345. The summed E-state index contributed by atoms with van der Waals surface area (Å²) in [4.78, 5) is 28.2. The van der Waals surface area contributed by atoms with E-state index in [4.69, 9.17) is 46.4 Å². The maximum absolute atomic E-state index is 13.7. The van der Waals surface area contributed by atoms with Crippen LogP contribution in [0.3, 0.4) is 0 Å². The van der Waals surface area contributed by atoms with Gasteiger partial charge >= 0.3 is 0 Å². The topological polar surface area (TPSA) is 86.8 Å². The molecule has 2 rings (SSSR count). The Bertz CT molecular complexity index is 1210. The number of hydrogen-bond donors (Lipinski definition) is 1. The Morgan fingerprint density at radius 1 is 0.944 bits per heavy atom. The van der Waals surface area contributed by atoms with E-state index in [2.05, 4.69) is 5.32 Å². The van der Waals surface area contributed by atoms with Gasteiger partial charge in [-0.15, -0.1) is 0 Å². The lowest BCUT2D eigenvalue weighted by molar-refractivity contribution is -0.140. The molecule has 2 amide bonds. The minimum Gasteiger partial charge on any atom is -0.352 e. The van der Waals surface area contributed by atoms with Crippen LogP contribution in [0.25, 0.3) is 0 Å². The highest BCUT2D eigenvalue weighted by molar-refractivity contribution is 7.92. The SMILES string of the molecule is CC[C@H](C(=O)N[C@@H](C)CC)N(Cc1ccc(Cl)cc1Cl)C(=O)CN(c1ccc(Cl)cc1Cl)S(C)(=O)=O. The third kappa shape index (κ3) is 8.15. The van der Waals surface area contributed by atoms with Crippen LogP contribution in [0.4, 0.5) is 5.69 Å². The maximum atomic E-state index is 13.7. The van der Waals surface area contributed by atoms with E-state index in [1.54, 1.807) is 19.1 Å². The van der Waals surface area contributed by atoms with Gasteiger partial charge in [0.15, 0.2) is 0 Å². The summed E-state index contributed by atoms with van der Waals surface area (Å²) in [5, 5.41) is 4.02. The number of anilines is 1. The molecule has 198 valence electrons. The van der Waals surface area contributed by atoms with Crippen LogP contribution in [0.2, 0.25) is 20.1 Å². The van der Waals surface area contributed by atoms with Gasteiger partial charge in [-0.3, -0.25) is 13.9 Å². The molecule has 2 aromatic carbocycles. The highest BCUT2D eigenvalue weighted by atomic mass is 35.5. The predicted molar refractivity (Wildman–Crippen MR) is 148 cm³/mol. The first-order valence-corrected chi connectivity index (χ1v) is 14.6. The number of nitrogens with zero attached hydrogens (tertiary/aromatic N) is 2. The molecule has 0 radical (unpaired) electrons. The zero-order chi connectivity index (χ0) is 27.2. The van der Waals surface area contributed by atoms with Gasteiger partial charge < -0.3 is 10.2 Å². The van der Waals surface area contributed by atoms with Gasteiger partial charge in [0.2, 0.25) is 21.8 Å². The van der Waals surface area contributed by atoms with Crippen molar-refractivity contribution >= 4 is 73.9 Å². The normalized spacial score (nSPS) is 13.1. The van der Waals surface area contributed by atoms with E-state index in [1.807, 2.05) is 13.8 Å². The van der Waals surface area contributed by atoms with Crippen LogP contribution >= 0.6 is 46.4 Å². The van der Waals surface area contributed by atoms with Gasteiger partial charge in [-0.05, 0) is 55.7 Å². The van der Waals surface area contributed by atoms with Crippen LogP contribution in [-0.2, 0) is 26.2 Å². The fourth-order valence-electron chi connectivity index (χ4n) is 3.47. The van der Waals surface area contributed by atoms with E-state index < -0.39 is 28.5 Å². The van der Waals surface area contributed by atoms with Crippen LogP contribution in [0.15, 0.2) is 36.4 Å². The monoisotopic (exact) mass is 595 g/mol. The number of hydrogen-bond acceptors (Lipinski definition) is 4. The van der Waals surface area contributed by atoms with Gasteiger partial charge in [-0.2, -0.15) is 0 Å². The first kappa shape index (κ1) is 30.5. The molecule has 0 aliphatic heterocycles. The Balaban J connectivity index is 2.51. The molecule has 0 saturated carbocycles. The molecular weight excluding hydrogens is 568 g/mol. The average Bonchev–Trinajstić information content (AvgIpc) is 2.78. The lowest BCUT2D eigenvalue weighted by Crippen LogP contribution is -2.53. The molecular formula is C24H29Cl4N3O4S. The number of sulfonamides is 1. The summed E-state index contributed by atoms with van der Waals surface area (Å²) in [6.45, 7) is 4.95. The zero-order valence-corrected chi connectivity index (χ0v) is 24.2. The van der Waals surface area contributed by atoms with Gasteiger partial charge in [0.05, 0.1) is 17.0 Å². The van der Waals surface area contributed by atoms with Crippen molar-refractivity contribution in [2.24, 2.45) is 0 Å². The van der Waals surface area contributed by atoms with Gasteiger partial charge in [-0.1, -0.05) is 66.3 Å². The molecule has 1 N–H and O–H groups in total. The van der Waals surface area contributed by atoms with Crippen molar-refractivity contribution in [2.75, 3.05) is 17.1 Å². The molecule has 12 heteroatoms. The lowest BCUT2D eigenvalue weighted by Gasteiger charge is -2.33. The standard InChI is InChI=1S/C24H29Cl4N3O4S/c1-5-15(3)29-24(33)21(6-2)30(13-16-7-8-17(25)11-19(16)27)23(32)14-31(36(4,34)35)22-10-9-18(26)12-20(22)28/h7-12,15,21H,5-6,13-14H2,1-4H3,(H,29,33)/t15-,21+/m0/s1. The van der Waals surface area contributed by atoms with Crippen molar-refractivity contribution in [3.8, 4) is 0 Å². The van der Waals surface area contributed by atoms with E-state index in [1.165, 1.54) is 29.2 Å². The number of halogens is 4. The van der Waals surface area contributed by atoms with E-state index in [0.29, 0.717) is 33.5 Å². The van der Waals surface area contributed by atoms with E-state index in [-0.39, 0.29) is 29.2 Å². The quantitative estimate of drug-likeness (QED) is 0.356. The fraction of sp³-hybridized carbons (Fsp3) is 0.417. The Labute approximate surface area is 232 Å². The van der Waals surface area contributed by atoms with Crippen LogP contribution in [0.5, 0.6) is 0 Å². The Morgan fingerprint density at radius 2 is 1.53 bits per heavy atom. The average molecular weight is 597 g/mol. The van der Waals surface area contributed by atoms with Crippen molar-refractivity contribution in [1.82, 2.24) is 10.2 Å². The molecule has 0 heterocycles. The van der Waals surface area contributed by atoms with E-state index in [9.17, 15) is 18.0 Å². The van der Waals surface area contributed by atoms with Crippen molar-refractivity contribution in [1.29, 1.82) is 0 Å². The predicted octanol–water partition coefficient (Wildman–Crippen LogP) is 5.79. The third-order valence-electron chi connectivity index (χ3n) is 5.60. The number of rotatable bonds is 11. The molecule has 0 fully saturated rings. The summed E-state index contributed by atoms with van der Waals surface area (Å²) in [6, 6.07) is 8.13. The molecule has 7 nitrogen and oxygen atoms in total. The summed E-state index contributed by atoms with van der Waals surface area (Å²) >= 11 is 24.6. The molecule has 0 saturated heterocycles. The molecule has 0 aliphatic carbocycles. The van der Waals surface area contributed by atoms with Crippen LogP contribution in [0, 0.1) is 0 Å². The molecule has 0 aromatic heterocycles. The van der Waals surface area contributed by atoms with Crippen LogP contribution in [0.1, 0.15) is 39.2 Å². The number of carbonyl (C=O) groups excluding carboxylic acids is 2. The van der Waals surface area contributed by atoms with Crippen LogP contribution < -0.4 is 9.62 Å². The summed E-state index contributed by atoms with van der Waals surface area (Å²) in [7, 11) is -3.93. The Hall–Kier alpha value is -1.71. The highest BCUT2D eigenvalue weighted by Gasteiger charge is 2.33. The number of carbonyl (C=O) groups is 2. The number of amides is 2. The van der Waals surface area contributed by atoms with Gasteiger partial charge in [-0.25, -0.2) is 8.42 Å². The van der Waals surface area contributed by atoms with Crippen molar-refractivity contribution in [2.45, 2.75) is 52.2 Å². The first-order valence-electron chi connectivity index (χ1n) is 11.2. The van der Waals surface area contributed by atoms with E-state index >= 15 is 0 Å². The Kier molecular flexibility index (Phi) is 11.2. The van der Waals surface area contributed by atoms with Gasteiger partial charge in [0.1, 0.15) is 12.6 Å². The summed E-state index contributed by atoms with van der Waals surface area (Å²) in [5.41, 5.74) is 0.651. The molecule has 0 spiro atoms. The van der Waals surface area contributed by atoms with Crippen LogP contribution in [-0.4, -0.2) is 50.0 Å². The summed E-state index contributed by atoms with van der Waals surface area (Å²) in [5.74, 6) is -0.954. The van der Waals surface area contributed by atoms with Gasteiger partial charge in [0, 0.05) is 27.7 Å². The molecule has 2 atom stereocenters. The second-order valence-corrected chi connectivity index (χ2v) is 12.0. The maximum Gasteiger partial charge on any atom is 0.244 e. The first-order chi connectivity index (χ1) is 16.8. The second-order valence-electron chi connectivity index (χ2n) is 8.36. The minimum atomic E-state index is -3.93. The zero-order valence-electron chi connectivity index (χ0n) is 20.4. The smallest absolute Gasteiger partial charge is 0.244 e. The fourth-order valence-corrected chi connectivity index (χ4v) is 5.36. The molecule has 0 unspecified atom stereocenters. The molecule has 0 bridgehead atoms. The van der Waals surface area contributed by atoms with Crippen molar-refractivity contribution in [3.05, 3.63) is 62.1 Å². The summed E-state index contributed by atoms with van der Waals surface area (Å²) < 4.78 is 26.3. The second kappa shape index (κ2) is 13.2. The highest BCUT2D eigenvalue weighted by Crippen LogP contribution is 2.31. The number of nitrogens with one attached hydrogen (secondary N) is 1. The van der Waals surface area contributed by atoms with Crippen molar-refractivity contribution < 1.29 is 18.0 Å². The Morgan fingerprint density at radius 3 is 2.03 bits per heavy atom. The molecule has 36 heavy (non-hydrogen) atoms. The molecule has 0 aliphatic rings. The largest absolute Gasteiger partial charge is 0.352 e. The van der Waals surface area contributed by atoms with E-state index in [0.717, 1.165) is 10.6 Å². The third-order valence-corrected chi connectivity index (χ3v) is 7.85. The molecule has 2 aromatic rings. The van der Waals surface area contributed by atoms with Crippen molar-refractivity contribution in [3.63, 3.8) is 0 Å². The summed E-state index contributed by atoms with van der Waals surface area (Å²) in [6.07, 6.45) is 1.97. The lowest BCUT2D eigenvalue weighted by atomic mass is 10.1.